The fourth-order valence-corrected chi connectivity index (χ4v) is 4.49. The molecule has 1 aromatic carbocycles. The third-order valence-corrected chi connectivity index (χ3v) is 6.37. The number of pyridine rings is 2. The van der Waals surface area contributed by atoms with E-state index >= 15 is 4.39 Å². The van der Waals surface area contributed by atoms with E-state index in [1.807, 2.05) is 4.72 Å². The summed E-state index contributed by atoms with van der Waals surface area (Å²) in [6.07, 6.45) is 4.32. The smallest absolute Gasteiger partial charge is 0.232 e. The van der Waals surface area contributed by atoms with Crippen molar-refractivity contribution in [2.24, 2.45) is 0 Å². The Labute approximate surface area is 186 Å². The number of hydrogen-bond acceptors (Lipinski definition) is 5. The van der Waals surface area contributed by atoms with Crippen LogP contribution in [0.5, 0.6) is 0 Å². The minimum Gasteiger partial charge on any atom is -0.345 e. The zero-order valence-electron chi connectivity index (χ0n) is 17.2. The van der Waals surface area contributed by atoms with Gasteiger partial charge in [-0.1, -0.05) is 6.92 Å². The maximum absolute atomic E-state index is 15.1. The molecule has 0 amide bonds. The number of halogens is 3. The molecule has 0 aliphatic heterocycles. The monoisotopic (exact) mass is 474 g/mol. The summed E-state index contributed by atoms with van der Waals surface area (Å²) in [5, 5.41) is 0.276. The number of carbonyl (C=O) groups is 1. The maximum atomic E-state index is 15.1. The van der Waals surface area contributed by atoms with Crippen LogP contribution in [0.3, 0.4) is 0 Å². The summed E-state index contributed by atoms with van der Waals surface area (Å²) < 4.78 is 68.8. The van der Waals surface area contributed by atoms with Crippen LogP contribution in [0.2, 0.25) is 0 Å². The van der Waals surface area contributed by atoms with E-state index in [0.717, 1.165) is 12.1 Å². The molecule has 11 heteroatoms. The third kappa shape index (κ3) is 4.44. The first-order valence-corrected chi connectivity index (χ1v) is 11.5. The molecule has 170 valence electrons. The van der Waals surface area contributed by atoms with Crippen LogP contribution in [0, 0.1) is 17.6 Å². The minimum absolute atomic E-state index is 0.0687. The van der Waals surface area contributed by atoms with Gasteiger partial charge in [0.05, 0.1) is 17.0 Å². The third-order valence-electron chi connectivity index (χ3n) is 4.89. The topological polar surface area (TPSA) is 105 Å². The van der Waals surface area contributed by atoms with Crippen LogP contribution in [0.4, 0.5) is 18.9 Å². The van der Waals surface area contributed by atoms with Gasteiger partial charge in [0, 0.05) is 40.7 Å². The van der Waals surface area contributed by atoms with E-state index in [2.05, 4.69) is 15.0 Å². The van der Waals surface area contributed by atoms with Gasteiger partial charge >= 0.3 is 0 Å². The maximum Gasteiger partial charge on any atom is 0.232 e. The first kappa shape index (κ1) is 22.5. The average molecular weight is 474 g/mol. The number of anilines is 1. The summed E-state index contributed by atoms with van der Waals surface area (Å²) in [5.41, 5.74) is -0.176. The quantitative estimate of drug-likeness (QED) is 0.305. The Balaban J connectivity index is 1.78. The van der Waals surface area contributed by atoms with Crippen molar-refractivity contribution < 1.29 is 26.4 Å². The summed E-state index contributed by atoms with van der Waals surface area (Å²) in [6, 6.07) is 5.95. The Bertz CT molecular complexity index is 1470. The number of benzene rings is 1. The molecule has 7 nitrogen and oxygen atoms in total. The standard InChI is InChI=1S/C22H17F3N4O3S/c1-2-7-33(31,32)29-17-5-4-16(23)19(20(17)25)21(30)15-11-28-22-14(15)8-13(10-27-22)12-3-6-18(24)26-9-12/h3-6,8-11,29H,2,7H2,1H3,(H,27,28). The van der Waals surface area contributed by atoms with Crippen molar-refractivity contribution in [3.63, 3.8) is 0 Å². The summed E-state index contributed by atoms with van der Waals surface area (Å²) >= 11 is 0. The summed E-state index contributed by atoms with van der Waals surface area (Å²) in [5.74, 6) is -4.38. The van der Waals surface area contributed by atoms with Gasteiger partial charge in [-0.15, -0.1) is 0 Å². The SMILES string of the molecule is CCCS(=O)(=O)Nc1ccc(F)c(C(=O)c2c[nH]c3ncc(-c4ccc(F)nc4)cc23)c1F. The minimum atomic E-state index is -3.86. The van der Waals surface area contributed by atoms with Crippen LogP contribution < -0.4 is 4.72 Å². The number of rotatable bonds is 7. The van der Waals surface area contributed by atoms with Crippen LogP contribution in [-0.2, 0) is 10.0 Å². The van der Waals surface area contributed by atoms with E-state index in [0.29, 0.717) is 11.1 Å². The van der Waals surface area contributed by atoms with Crippen molar-refractivity contribution in [1.82, 2.24) is 15.0 Å². The summed E-state index contributed by atoms with van der Waals surface area (Å²) in [6.45, 7) is 1.64. The van der Waals surface area contributed by atoms with Crippen molar-refractivity contribution in [2.45, 2.75) is 13.3 Å². The molecule has 2 N–H and O–H groups in total. The van der Waals surface area contributed by atoms with E-state index in [9.17, 15) is 22.0 Å². The van der Waals surface area contributed by atoms with E-state index in [1.165, 1.54) is 30.7 Å². The van der Waals surface area contributed by atoms with Gasteiger partial charge in [0.2, 0.25) is 21.8 Å². The predicted molar refractivity (Wildman–Crippen MR) is 117 cm³/mol. The second-order valence-electron chi connectivity index (χ2n) is 7.23. The number of sulfonamides is 1. The molecular formula is C22H17F3N4O3S. The second kappa shape index (κ2) is 8.66. The molecule has 4 rings (SSSR count). The molecule has 3 heterocycles. The Kier molecular flexibility index (Phi) is 5.90. The predicted octanol–water partition coefficient (Wildman–Crippen LogP) is 4.42. The second-order valence-corrected chi connectivity index (χ2v) is 9.07. The lowest BCUT2D eigenvalue weighted by atomic mass is 10.00. The zero-order valence-corrected chi connectivity index (χ0v) is 18.0. The fraction of sp³-hybridized carbons (Fsp3) is 0.136. The highest BCUT2D eigenvalue weighted by molar-refractivity contribution is 7.92. The van der Waals surface area contributed by atoms with Crippen molar-refractivity contribution in [3.8, 4) is 11.1 Å². The molecular weight excluding hydrogens is 457 g/mol. The van der Waals surface area contributed by atoms with Crippen LogP contribution in [0.1, 0.15) is 29.3 Å². The first-order chi connectivity index (χ1) is 15.7. The number of aromatic amines is 1. The Morgan fingerprint density at radius 3 is 2.52 bits per heavy atom. The van der Waals surface area contributed by atoms with Gasteiger partial charge in [-0.3, -0.25) is 9.52 Å². The highest BCUT2D eigenvalue weighted by atomic mass is 32.2. The van der Waals surface area contributed by atoms with Gasteiger partial charge in [-0.2, -0.15) is 4.39 Å². The number of nitrogens with zero attached hydrogens (tertiary/aromatic N) is 2. The first-order valence-electron chi connectivity index (χ1n) is 9.82. The molecule has 33 heavy (non-hydrogen) atoms. The number of nitrogens with one attached hydrogen (secondary N) is 2. The summed E-state index contributed by atoms with van der Waals surface area (Å²) in [4.78, 5) is 23.7. The van der Waals surface area contributed by atoms with Gasteiger partial charge in [-0.25, -0.2) is 27.2 Å². The molecule has 0 fully saturated rings. The molecule has 3 aromatic heterocycles. The number of fused-ring (bicyclic) bond motifs is 1. The lowest BCUT2D eigenvalue weighted by Gasteiger charge is -2.11. The van der Waals surface area contributed by atoms with E-state index < -0.39 is 44.6 Å². The number of ketones is 1. The Morgan fingerprint density at radius 2 is 1.82 bits per heavy atom. The molecule has 0 saturated carbocycles. The van der Waals surface area contributed by atoms with E-state index in [-0.39, 0.29) is 28.8 Å². The van der Waals surface area contributed by atoms with E-state index in [1.54, 1.807) is 13.0 Å². The van der Waals surface area contributed by atoms with Crippen LogP contribution in [-0.4, -0.2) is 34.9 Å². The molecule has 0 bridgehead atoms. The summed E-state index contributed by atoms with van der Waals surface area (Å²) in [7, 11) is -3.86. The largest absolute Gasteiger partial charge is 0.345 e. The molecule has 0 saturated heterocycles. The number of hydrogen-bond donors (Lipinski definition) is 2. The molecule has 0 spiro atoms. The average Bonchev–Trinajstić information content (AvgIpc) is 3.19. The Hall–Kier alpha value is -3.73. The molecule has 0 radical (unpaired) electrons. The van der Waals surface area contributed by atoms with Crippen molar-refractivity contribution in [3.05, 3.63) is 77.6 Å². The fourth-order valence-electron chi connectivity index (χ4n) is 3.36. The molecule has 0 unspecified atom stereocenters. The normalized spacial score (nSPS) is 11.6. The van der Waals surface area contributed by atoms with Gasteiger partial charge < -0.3 is 4.98 Å². The van der Waals surface area contributed by atoms with E-state index in [4.69, 9.17) is 0 Å². The molecule has 0 aliphatic carbocycles. The molecule has 4 aromatic rings. The number of carbonyl (C=O) groups excluding carboxylic acids is 1. The lowest BCUT2D eigenvalue weighted by Crippen LogP contribution is -2.18. The number of aromatic nitrogens is 3. The molecule has 0 atom stereocenters. The highest BCUT2D eigenvalue weighted by Gasteiger charge is 2.26. The van der Waals surface area contributed by atoms with Crippen molar-refractivity contribution in [2.75, 3.05) is 10.5 Å². The highest BCUT2D eigenvalue weighted by Crippen LogP contribution is 2.29. The van der Waals surface area contributed by atoms with Gasteiger partial charge in [0.25, 0.3) is 0 Å². The van der Waals surface area contributed by atoms with Crippen LogP contribution in [0.25, 0.3) is 22.2 Å². The lowest BCUT2D eigenvalue weighted by molar-refractivity contribution is 0.103. The van der Waals surface area contributed by atoms with Crippen LogP contribution >= 0.6 is 0 Å². The van der Waals surface area contributed by atoms with Gasteiger partial charge in [0.15, 0.2) is 5.82 Å². The van der Waals surface area contributed by atoms with Crippen molar-refractivity contribution in [1.29, 1.82) is 0 Å². The zero-order chi connectivity index (χ0) is 23.8. The molecule has 0 aliphatic rings. The van der Waals surface area contributed by atoms with Crippen molar-refractivity contribution >= 4 is 32.5 Å². The number of H-pyrrole nitrogens is 1. The van der Waals surface area contributed by atoms with Gasteiger partial charge in [-0.05, 0) is 36.8 Å². The van der Waals surface area contributed by atoms with Crippen LogP contribution in [0.15, 0.2) is 48.9 Å². The van der Waals surface area contributed by atoms with Gasteiger partial charge in [0.1, 0.15) is 11.5 Å². The Morgan fingerprint density at radius 1 is 1.06 bits per heavy atom.